The lowest BCUT2D eigenvalue weighted by molar-refractivity contribution is 0.151. The smallest absolute Gasteiger partial charge is 0.0303 e. The Morgan fingerprint density at radius 2 is 1.90 bits per heavy atom. The van der Waals surface area contributed by atoms with Crippen LogP contribution in [0.3, 0.4) is 0 Å². The molecule has 1 N–H and O–H groups in total. The largest absolute Gasteiger partial charge is 0.310 e. The first-order valence-electron chi connectivity index (χ1n) is 8.72. The van der Waals surface area contributed by atoms with Crippen LogP contribution in [0.25, 0.3) is 0 Å². The van der Waals surface area contributed by atoms with Crippen LogP contribution in [-0.2, 0) is 6.42 Å². The van der Waals surface area contributed by atoms with E-state index in [4.69, 9.17) is 0 Å². The molecule has 0 spiro atoms. The highest BCUT2D eigenvalue weighted by Gasteiger charge is 2.31. The molecule has 21 heavy (non-hydrogen) atoms. The summed E-state index contributed by atoms with van der Waals surface area (Å²) < 4.78 is 0. The number of rotatable bonds is 6. The molecule has 1 saturated heterocycles. The molecule has 1 unspecified atom stereocenters. The first-order chi connectivity index (χ1) is 10.2. The Hall–Kier alpha value is -0.860. The van der Waals surface area contributed by atoms with Crippen molar-refractivity contribution in [1.82, 2.24) is 10.2 Å². The lowest BCUT2D eigenvalue weighted by Gasteiger charge is -2.38. The third-order valence-electron chi connectivity index (χ3n) is 5.30. The van der Waals surface area contributed by atoms with E-state index in [1.54, 1.807) is 0 Å². The summed E-state index contributed by atoms with van der Waals surface area (Å²) in [6.07, 6.45) is 6.18. The second-order valence-corrected chi connectivity index (χ2v) is 6.61. The minimum Gasteiger partial charge on any atom is -0.310 e. The fourth-order valence-corrected chi connectivity index (χ4v) is 3.46. The number of nitrogens with zero attached hydrogens (tertiary/aromatic N) is 1. The van der Waals surface area contributed by atoms with Gasteiger partial charge in [-0.25, -0.2) is 0 Å². The first kappa shape index (κ1) is 16.5. The molecule has 0 bridgehead atoms. The minimum atomic E-state index is 0.331. The SMILES string of the molecule is CCC1(CC)CN(C(C)CCc2ccccc2)CCCN1. The van der Waals surface area contributed by atoms with Crippen LogP contribution in [0.15, 0.2) is 30.3 Å². The Labute approximate surface area is 130 Å². The number of hydrogen-bond acceptors (Lipinski definition) is 2. The third kappa shape index (κ3) is 4.55. The van der Waals surface area contributed by atoms with E-state index in [9.17, 15) is 0 Å². The second kappa shape index (κ2) is 7.95. The maximum Gasteiger partial charge on any atom is 0.0303 e. The number of nitrogens with one attached hydrogen (secondary N) is 1. The molecule has 1 aliphatic rings. The van der Waals surface area contributed by atoms with Crippen molar-refractivity contribution in [2.24, 2.45) is 0 Å². The van der Waals surface area contributed by atoms with Gasteiger partial charge in [0.15, 0.2) is 0 Å². The highest BCUT2D eigenvalue weighted by atomic mass is 15.2. The first-order valence-corrected chi connectivity index (χ1v) is 8.72. The van der Waals surface area contributed by atoms with Crippen LogP contribution in [0.2, 0.25) is 0 Å². The highest BCUT2D eigenvalue weighted by Crippen LogP contribution is 2.22. The van der Waals surface area contributed by atoms with E-state index in [1.807, 2.05) is 0 Å². The topological polar surface area (TPSA) is 15.3 Å². The summed E-state index contributed by atoms with van der Waals surface area (Å²) in [7, 11) is 0. The molecule has 2 nitrogen and oxygen atoms in total. The Bertz CT molecular complexity index is 397. The molecule has 0 radical (unpaired) electrons. The molecule has 1 aliphatic heterocycles. The molecule has 2 rings (SSSR count). The van der Waals surface area contributed by atoms with Crippen LogP contribution in [-0.4, -0.2) is 36.1 Å². The summed E-state index contributed by atoms with van der Waals surface area (Å²) in [4.78, 5) is 2.72. The minimum absolute atomic E-state index is 0.331. The van der Waals surface area contributed by atoms with Crippen molar-refractivity contribution in [2.75, 3.05) is 19.6 Å². The Kier molecular flexibility index (Phi) is 6.25. The Balaban J connectivity index is 1.92. The van der Waals surface area contributed by atoms with E-state index in [0.717, 1.165) is 0 Å². The quantitative estimate of drug-likeness (QED) is 0.855. The van der Waals surface area contributed by atoms with Crippen LogP contribution in [0.4, 0.5) is 0 Å². The third-order valence-corrected chi connectivity index (χ3v) is 5.30. The average molecular weight is 288 g/mol. The molecule has 0 saturated carbocycles. The van der Waals surface area contributed by atoms with Crippen molar-refractivity contribution >= 4 is 0 Å². The number of benzene rings is 1. The van der Waals surface area contributed by atoms with Crippen LogP contribution < -0.4 is 5.32 Å². The van der Waals surface area contributed by atoms with Gasteiger partial charge in [-0.2, -0.15) is 0 Å². The van der Waals surface area contributed by atoms with E-state index < -0.39 is 0 Å². The second-order valence-electron chi connectivity index (χ2n) is 6.61. The van der Waals surface area contributed by atoms with Gasteiger partial charge in [0.1, 0.15) is 0 Å². The van der Waals surface area contributed by atoms with Crippen molar-refractivity contribution in [1.29, 1.82) is 0 Å². The summed E-state index contributed by atoms with van der Waals surface area (Å²) in [6.45, 7) is 10.7. The zero-order valence-electron chi connectivity index (χ0n) is 14.1. The van der Waals surface area contributed by atoms with E-state index >= 15 is 0 Å². The average Bonchev–Trinajstić information content (AvgIpc) is 2.77. The van der Waals surface area contributed by atoms with Crippen molar-refractivity contribution < 1.29 is 0 Å². The van der Waals surface area contributed by atoms with E-state index in [-0.39, 0.29) is 0 Å². The molecular formula is C19H32N2. The molecule has 1 atom stereocenters. The fraction of sp³-hybridized carbons (Fsp3) is 0.684. The van der Waals surface area contributed by atoms with Crippen LogP contribution in [0.1, 0.15) is 52.0 Å². The molecule has 0 amide bonds. The normalized spacial score (nSPS) is 20.9. The van der Waals surface area contributed by atoms with Gasteiger partial charge in [-0.15, -0.1) is 0 Å². The lowest BCUT2D eigenvalue weighted by Crippen LogP contribution is -2.52. The van der Waals surface area contributed by atoms with E-state index in [0.29, 0.717) is 11.6 Å². The molecule has 1 fully saturated rings. The molecule has 0 aromatic heterocycles. The summed E-state index contributed by atoms with van der Waals surface area (Å²) in [5.41, 5.74) is 1.80. The molecule has 2 heteroatoms. The summed E-state index contributed by atoms with van der Waals surface area (Å²) in [6, 6.07) is 11.6. The summed E-state index contributed by atoms with van der Waals surface area (Å²) in [5, 5.41) is 3.81. The zero-order valence-corrected chi connectivity index (χ0v) is 14.1. The lowest BCUT2D eigenvalue weighted by atomic mass is 9.91. The van der Waals surface area contributed by atoms with Gasteiger partial charge in [0.25, 0.3) is 0 Å². The monoisotopic (exact) mass is 288 g/mol. The molecule has 0 aliphatic carbocycles. The van der Waals surface area contributed by atoms with E-state index in [2.05, 4.69) is 61.3 Å². The number of hydrogen-bond donors (Lipinski definition) is 1. The Morgan fingerprint density at radius 1 is 1.19 bits per heavy atom. The molecule has 1 aromatic rings. The Morgan fingerprint density at radius 3 is 2.57 bits per heavy atom. The maximum absolute atomic E-state index is 3.81. The van der Waals surface area contributed by atoms with Gasteiger partial charge >= 0.3 is 0 Å². The van der Waals surface area contributed by atoms with Gasteiger partial charge in [-0.3, -0.25) is 4.90 Å². The molecular weight excluding hydrogens is 256 g/mol. The van der Waals surface area contributed by atoms with Gasteiger partial charge in [-0.05, 0) is 57.7 Å². The van der Waals surface area contributed by atoms with Crippen molar-refractivity contribution in [3.05, 3.63) is 35.9 Å². The zero-order chi connectivity index (χ0) is 15.1. The van der Waals surface area contributed by atoms with Gasteiger partial charge in [0.2, 0.25) is 0 Å². The van der Waals surface area contributed by atoms with E-state index in [1.165, 1.54) is 57.3 Å². The molecule has 118 valence electrons. The maximum atomic E-state index is 3.81. The highest BCUT2D eigenvalue weighted by molar-refractivity contribution is 5.14. The van der Waals surface area contributed by atoms with Crippen molar-refractivity contribution in [3.8, 4) is 0 Å². The van der Waals surface area contributed by atoms with Crippen LogP contribution in [0, 0.1) is 0 Å². The van der Waals surface area contributed by atoms with Crippen molar-refractivity contribution in [3.63, 3.8) is 0 Å². The van der Waals surface area contributed by atoms with Crippen molar-refractivity contribution in [2.45, 2.75) is 64.5 Å². The predicted octanol–water partition coefficient (Wildman–Crippen LogP) is 3.86. The van der Waals surface area contributed by atoms with Gasteiger partial charge in [0.05, 0.1) is 0 Å². The standard InChI is InChI=1S/C19H32N2/c1-4-19(5-2)16-21(15-9-14-20-19)17(3)12-13-18-10-7-6-8-11-18/h6-8,10-11,17,20H,4-5,9,12-16H2,1-3H3. The van der Waals surface area contributed by atoms with Gasteiger partial charge in [-0.1, -0.05) is 44.2 Å². The summed E-state index contributed by atoms with van der Waals surface area (Å²) >= 11 is 0. The summed E-state index contributed by atoms with van der Waals surface area (Å²) in [5.74, 6) is 0. The van der Waals surface area contributed by atoms with Crippen LogP contribution >= 0.6 is 0 Å². The van der Waals surface area contributed by atoms with Gasteiger partial charge in [0, 0.05) is 18.1 Å². The predicted molar refractivity (Wildman–Crippen MR) is 91.7 cm³/mol. The van der Waals surface area contributed by atoms with Gasteiger partial charge < -0.3 is 5.32 Å². The molecule has 1 aromatic carbocycles. The van der Waals surface area contributed by atoms with Crippen LogP contribution in [0.5, 0.6) is 0 Å². The molecule has 1 heterocycles. The number of aryl methyl sites for hydroxylation is 1. The fourth-order valence-electron chi connectivity index (χ4n) is 3.46.